The van der Waals surface area contributed by atoms with Crippen LogP contribution in [0.4, 0.5) is 0 Å². The number of hydrogen-bond acceptors (Lipinski definition) is 4. The number of fused-ring (bicyclic) bond motifs is 1. The zero-order valence-corrected chi connectivity index (χ0v) is 13.6. The highest BCUT2D eigenvalue weighted by Crippen LogP contribution is 2.16. The fraction of sp³-hybridized carbons (Fsp3) is 0.471. The smallest absolute Gasteiger partial charge is 0.227 e. The summed E-state index contributed by atoms with van der Waals surface area (Å²) in [5, 5.41) is 8.44. The highest BCUT2D eigenvalue weighted by atomic mass is 16.5. The topological polar surface area (TPSA) is 60.3 Å². The minimum Gasteiger partial charge on any atom is -0.377 e. The first kappa shape index (κ1) is 15.7. The van der Waals surface area contributed by atoms with Crippen molar-refractivity contribution in [1.29, 1.82) is 0 Å². The van der Waals surface area contributed by atoms with E-state index in [1.165, 1.54) is 0 Å². The first-order chi connectivity index (χ1) is 11.2. The molecular weight excluding hydrogens is 292 g/mol. The third-order valence-corrected chi connectivity index (χ3v) is 4.27. The summed E-state index contributed by atoms with van der Waals surface area (Å²) in [6.45, 7) is 3.91. The largest absolute Gasteiger partial charge is 0.377 e. The molecule has 1 atom stereocenters. The Morgan fingerprint density at radius 2 is 2.04 bits per heavy atom. The molecule has 0 aliphatic carbocycles. The van der Waals surface area contributed by atoms with Gasteiger partial charge in [0.1, 0.15) is 12.4 Å². The van der Waals surface area contributed by atoms with E-state index in [0.29, 0.717) is 26.1 Å². The van der Waals surface area contributed by atoms with Crippen LogP contribution in [0.1, 0.15) is 24.1 Å². The molecule has 23 heavy (non-hydrogen) atoms. The van der Waals surface area contributed by atoms with E-state index in [9.17, 15) is 4.79 Å². The molecule has 0 fully saturated rings. The third kappa shape index (κ3) is 3.42. The van der Waals surface area contributed by atoms with Crippen molar-refractivity contribution in [3.05, 3.63) is 47.5 Å². The summed E-state index contributed by atoms with van der Waals surface area (Å²) in [5.74, 6) is 1.92. The molecule has 1 aromatic carbocycles. The van der Waals surface area contributed by atoms with E-state index in [1.807, 2.05) is 35.2 Å². The number of amides is 1. The normalized spacial score (nSPS) is 17.7. The zero-order valence-electron chi connectivity index (χ0n) is 13.6. The fourth-order valence-corrected chi connectivity index (χ4v) is 3.06. The lowest BCUT2D eigenvalue weighted by Crippen LogP contribution is -2.41. The second kappa shape index (κ2) is 6.91. The number of carbonyl (C=O) groups is 1. The van der Waals surface area contributed by atoms with Crippen molar-refractivity contribution < 1.29 is 9.53 Å². The molecule has 1 aliphatic rings. The van der Waals surface area contributed by atoms with Gasteiger partial charge in [-0.15, -0.1) is 10.2 Å². The lowest BCUT2D eigenvalue weighted by atomic mass is 10.1. The lowest BCUT2D eigenvalue weighted by Gasteiger charge is -2.26. The van der Waals surface area contributed by atoms with Crippen molar-refractivity contribution in [2.75, 3.05) is 13.7 Å². The summed E-state index contributed by atoms with van der Waals surface area (Å²) < 4.78 is 7.25. The Hall–Kier alpha value is -2.21. The summed E-state index contributed by atoms with van der Waals surface area (Å²) in [6, 6.07) is 10.00. The quantitative estimate of drug-likeness (QED) is 0.857. The average molecular weight is 314 g/mol. The van der Waals surface area contributed by atoms with Crippen LogP contribution in [0.2, 0.25) is 0 Å². The molecule has 1 aromatic heterocycles. The van der Waals surface area contributed by atoms with Crippen molar-refractivity contribution in [3.8, 4) is 0 Å². The number of nitrogens with zero attached hydrogens (tertiary/aromatic N) is 4. The molecule has 1 aliphatic heterocycles. The fourth-order valence-electron chi connectivity index (χ4n) is 3.06. The predicted octanol–water partition coefficient (Wildman–Crippen LogP) is 1.44. The molecule has 6 nitrogen and oxygen atoms in total. The Balaban J connectivity index is 1.72. The molecule has 6 heteroatoms. The van der Waals surface area contributed by atoms with Gasteiger partial charge in [0, 0.05) is 32.7 Å². The van der Waals surface area contributed by atoms with Gasteiger partial charge in [-0.2, -0.15) is 0 Å². The van der Waals surface area contributed by atoms with E-state index in [2.05, 4.69) is 21.7 Å². The second-order valence-corrected chi connectivity index (χ2v) is 5.92. The van der Waals surface area contributed by atoms with Gasteiger partial charge in [-0.25, -0.2) is 0 Å². The number of aromatic nitrogens is 3. The number of ether oxygens (including phenoxy) is 1. The molecule has 0 saturated carbocycles. The van der Waals surface area contributed by atoms with Crippen molar-refractivity contribution in [3.63, 3.8) is 0 Å². The minimum absolute atomic E-state index is 0.118. The van der Waals surface area contributed by atoms with Crippen LogP contribution in [0.5, 0.6) is 0 Å². The van der Waals surface area contributed by atoms with Crippen LogP contribution in [0, 0.1) is 0 Å². The summed E-state index contributed by atoms with van der Waals surface area (Å²) in [4.78, 5) is 14.6. The molecule has 122 valence electrons. The molecule has 0 unspecified atom stereocenters. The van der Waals surface area contributed by atoms with Crippen LogP contribution >= 0.6 is 0 Å². The standard InChI is InChI=1S/C17H22N4O2/c1-13-10-15-18-19-16(12-23-2)21(15)9-8-20(13)17(22)11-14-6-4-3-5-7-14/h3-7,13H,8-12H2,1-2H3/t13-/m0/s1. The molecule has 3 rings (SSSR count). The SMILES string of the molecule is COCc1nnc2n1CCN(C(=O)Cc1ccccc1)[C@@H](C)C2. The van der Waals surface area contributed by atoms with E-state index in [1.54, 1.807) is 7.11 Å². The Morgan fingerprint density at radius 1 is 1.26 bits per heavy atom. The maximum atomic E-state index is 12.7. The van der Waals surface area contributed by atoms with Gasteiger partial charge < -0.3 is 14.2 Å². The molecule has 2 aromatic rings. The monoisotopic (exact) mass is 314 g/mol. The van der Waals surface area contributed by atoms with Gasteiger partial charge in [0.25, 0.3) is 0 Å². The van der Waals surface area contributed by atoms with E-state index in [0.717, 1.165) is 23.6 Å². The van der Waals surface area contributed by atoms with E-state index < -0.39 is 0 Å². The maximum Gasteiger partial charge on any atom is 0.227 e. The van der Waals surface area contributed by atoms with Gasteiger partial charge in [-0.05, 0) is 12.5 Å². The predicted molar refractivity (Wildman–Crippen MR) is 85.8 cm³/mol. The van der Waals surface area contributed by atoms with Crippen molar-refractivity contribution in [2.45, 2.75) is 39.0 Å². The average Bonchev–Trinajstić information content (AvgIpc) is 2.82. The molecule has 0 bridgehead atoms. The van der Waals surface area contributed by atoms with Crippen LogP contribution in [0.3, 0.4) is 0 Å². The van der Waals surface area contributed by atoms with Crippen molar-refractivity contribution >= 4 is 5.91 Å². The van der Waals surface area contributed by atoms with Gasteiger partial charge in [0.2, 0.25) is 5.91 Å². The molecular formula is C17H22N4O2. The molecule has 0 N–H and O–H groups in total. The van der Waals surface area contributed by atoms with Crippen LogP contribution < -0.4 is 0 Å². The maximum absolute atomic E-state index is 12.7. The Labute approximate surface area is 136 Å². The van der Waals surface area contributed by atoms with Gasteiger partial charge in [-0.3, -0.25) is 4.79 Å². The number of rotatable bonds is 4. The summed E-state index contributed by atoms with van der Waals surface area (Å²) in [6.07, 6.45) is 1.16. The van der Waals surface area contributed by atoms with Crippen molar-refractivity contribution in [1.82, 2.24) is 19.7 Å². The van der Waals surface area contributed by atoms with Crippen LogP contribution in [-0.2, 0) is 35.5 Å². The van der Waals surface area contributed by atoms with Gasteiger partial charge >= 0.3 is 0 Å². The highest BCUT2D eigenvalue weighted by molar-refractivity contribution is 5.79. The zero-order chi connectivity index (χ0) is 16.2. The Bertz CT molecular complexity index is 668. The first-order valence-corrected chi connectivity index (χ1v) is 7.92. The highest BCUT2D eigenvalue weighted by Gasteiger charge is 2.27. The van der Waals surface area contributed by atoms with E-state index in [-0.39, 0.29) is 11.9 Å². The molecule has 0 saturated heterocycles. The second-order valence-electron chi connectivity index (χ2n) is 5.92. The number of methoxy groups -OCH3 is 1. The van der Waals surface area contributed by atoms with Crippen LogP contribution in [0.15, 0.2) is 30.3 Å². The van der Waals surface area contributed by atoms with Gasteiger partial charge in [-0.1, -0.05) is 30.3 Å². The summed E-state index contributed by atoms with van der Waals surface area (Å²) >= 11 is 0. The van der Waals surface area contributed by atoms with E-state index >= 15 is 0 Å². The molecule has 0 spiro atoms. The summed E-state index contributed by atoms with van der Waals surface area (Å²) in [5.41, 5.74) is 1.05. The lowest BCUT2D eigenvalue weighted by molar-refractivity contribution is -0.132. The van der Waals surface area contributed by atoms with Crippen LogP contribution in [0.25, 0.3) is 0 Å². The molecule has 1 amide bonds. The Morgan fingerprint density at radius 3 is 2.78 bits per heavy atom. The van der Waals surface area contributed by atoms with Crippen LogP contribution in [-0.4, -0.2) is 45.3 Å². The van der Waals surface area contributed by atoms with Crippen molar-refractivity contribution in [2.24, 2.45) is 0 Å². The number of hydrogen-bond donors (Lipinski definition) is 0. The third-order valence-electron chi connectivity index (χ3n) is 4.27. The number of carbonyl (C=O) groups excluding carboxylic acids is 1. The van der Waals surface area contributed by atoms with E-state index in [4.69, 9.17) is 4.74 Å². The molecule has 0 radical (unpaired) electrons. The Kier molecular flexibility index (Phi) is 4.71. The minimum atomic E-state index is 0.118. The number of benzene rings is 1. The van der Waals surface area contributed by atoms with Gasteiger partial charge in [0.15, 0.2) is 5.82 Å². The van der Waals surface area contributed by atoms with Gasteiger partial charge in [0.05, 0.1) is 6.42 Å². The molecule has 2 heterocycles. The first-order valence-electron chi connectivity index (χ1n) is 7.92. The summed E-state index contributed by atoms with van der Waals surface area (Å²) in [7, 11) is 1.65.